The summed E-state index contributed by atoms with van der Waals surface area (Å²) in [6, 6.07) is 11.8. The minimum Gasteiger partial charge on any atom is -0.308 e. The van der Waals surface area contributed by atoms with Crippen LogP contribution < -0.4 is 0 Å². The Bertz CT molecular complexity index is 1110. The lowest BCUT2D eigenvalue weighted by molar-refractivity contribution is 0.123. The van der Waals surface area contributed by atoms with E-state index in [2.05, 4.69) is 91.5 Å². The number of likely N-dealkylation sites (tertiary alicyclic amines) is 1. The number of aryl methyl sites for hydroxylation is 3. The van der Waals surface area contributed by atoms with E-state index in [1.807, 2.05) is 0 Å². The minimum absolute atomic E-state index is 0. The summed E-state index contributed by atoms with van der Waals surface area (Å²) in [6.07, 6.45) is 8.07. The molecule has 0 N–H and O–H groups in total. The number of aromatic nitrogens is 3. The second-order valence-electron chi connectivity index (χ2n) is 9.62. The molecule has 3 aromatic rings. The third-order valence-corrected chi connectivity index (χ3v) is 7.30. The first-order valence-corrected chi connectivity index (χ1v) is 13.1. The van der Waals surface area contributed by atoms with Crippen LogP contribution in [0.4, 0.5) is 0 Å². The highest BCUT2D eigenvalue weighted by molar-refractivity contribution is 5.85. The van der Waals surface area contributed by atoms with Crippen LogP contribution in [0.1, 0.15) is 61.8 Å². The Labute approximate surface area is 229 Å². The number of benzene rings is 1. The maximum Gasteiger partial charge on any atom is 0.160 e. The van der Waals surface area contributed by atoms with Gasteiger partial charge in [-0.2, -0.15) is 0 Å². The molecule has 0 atom stereocenters. The number of piperidine rings is 1. The zero-order valence-corrected chi connectivity index (χ0v) is 24.2. The predicted molar refractivity (Wildman–Crippen MR) is 158 cm³/mol. The first kappa shape index (κ1) is 30.3. The van der Waals surface area contributed by atoms with Crippen molar-refractivity contribution in [2.75, 3.05) is 32.7 Å². The van der Waals surface area contributed by atoms with Crippen molar-refractivity contribution in [3.63, 3.8) is 0 Å². The SMILES string of the molecule is CCc1nc2c(C)cc(C)nc2n1Cc1ccc(/C=C/CN2CCC(N(CC)CC)CC2)cc1.Cl.Cl. The molecule has 0 saturated carbocycles. The maximum atomic E-state index is 4.88. The quantitative estimate of drug-likeness (QED) is 0.323. The Morgan fingerprint density at radius 2 is 1.64 bits per heavy atom. The monoisotopic (exact) mass is 531 g/mol. The molecule has 7 heteroatoms. The molecule has 1 saturated heterocycles. The summed E-state index contributed by atoms with van der Waals surface area (Å²) < 4.78 is 2.28. The molecule has 0 spiro atoms. The fourth-order valence-corrected chi connectivity index (χ4v) is 5.35. The third kappa shape index (κ3) is 7.10. The topological polar surface area (TPSA) is 37.2 Å². The van der Waals surface area contributed by atoms with Crippen molar-refractivity contribution in [2.24, 2.45) is 0 Å². The highest BCUT2D eigenvalue weighted by Crippen LogP contribution is 2.21. The van der Waals surface area contributed by atoms with Gasteiger partial charge in [-0.15, -0.1) is 24.8 Å². The van der Waals surface area contributed by atoms with Crippen LogP contribution in [0.15, 0.2) is 36.4 Å². The summed E-state index contributed by atoms with van der Waals surface area (Å²) in [6.45, 7) is 17.5. The molecular formula is C29H43Cl2N5. The Hall–Kier alpha value is -1.92. The number of pyridine rings is 1. The van der Waals surface area contributed by atoms with Crippen LogP contribution in [0.25, 0.3) is 17.2 Å². The predicted octanol–water partition coefficient (Wildman–Crippen LogP) is 6.32. The fraction of sp³-hybridized carbons (Fsp3) is 0.517. The van der Waals surface area contributed by atoms with Crippen molar-refractivity contribution < 1.29 is 0 Å². The van der Waals surface area contributed by atoms with E-state index in [0.29, 0.717) is 0 Å². The molecule has 0 aliphatic carbocycles. The first-order valence-electron chi connectivity index (χ1n) is 13.1. The van der Waals surface area contributed by atoms with E-state index in [1.165, 1.54) is 55.7 Å². The van der Waals surface area contributed by atoms with Crippen molar-refractivity contribution in [1.29, 1.82) is 0 Å². The standard InChI is InChI=1S/C29H41N5.2ClH/c1-6-27-31-28-22(4)20-23(5)30-29(28)34(27)21-25-13-11-24(12-14-25)10-9-17-32-18-15-26(16-19-32)33(7-2)8-3;;/h9-14,20,26H,6-8,15-19,21H2,1-5H3;2*1H/b10-9+;;. The molecule has 0 bridgehead atoms. The number of nitrogens with zero attached hydrogens (tertiary/aromatic N) is 5. The molecule has 1 aliphatic rings. The molecule has 5 nitrogen and oxygen atoms in total. The smallest absolute Gasteiger partial charge is 0.160 e. The summed E-state index contributed by atoms with van der Waals surface area (Å²) in [4.78, 5) is 14.9. The van der Waals surface area contributed by atoms with Gasteiger partial charge in [-0.05, 0) is 75.6 Å². The van der Waals surface area contributed by atoms with Gasteiger partial charge in [0, 0.05) is 24.7 Å². The summed E-state index contributed by atoms with van der Waals surface area (Å²) in [5.74, 6) is 1.10. The Balaban J connectivity index is 0.00000228. The van der Waals surface area contributed by atoms with Crippen LogP contribution in [0.5, 0.6) is 0 Å². The number of hydrogen-bond donors (Lipinski definition) is 0. The average Bonchev–Trinajstić information content (AvgIpc) is 3.19. The molecule has 198 valence electrons. The number of hydrogen-bond acceptors (Lipinski definition) is 4. The largest absolute Gasteiger partial charge is 0.308 e. The molecule has 1 aliphatic heterocycles. The lowest BCUT2D eigenvalue weighted by atomic mass is 10.0. The van der Waals surface area contributed by atoms with Crippen molar-refractivity contribution in [3.8, 4) is 0 Å². The molecule has 1 aromatic carbocycles. The van der Waals surface area contributed by atoms with Gasteiger partial charge < -0.3 is 9.47 Å². The van der Waals surface area contributed by atoms with Gasteiger partial charge in [-0.1, -0.05) is 57.2 Å². The van der Waals surface area contributed by atoms with Crippen LogP contribution in [0, 0.1) is 13.8 Å². The van der Waals surface area contributed by atoms with Gasteiger partial charge >= 0.3 is 0 Å². The van der Waals surface area contributed by atoms with E-state index < -0.39 is 0 Å². The molecule has 36 heavy (non-hydrogen) atoms. The zero-order valence-electron chi connectivity index (χ0n) is 22.5. The first-order chi connectivity index (χ1) is 16.5. The van der Waals surface area contributed by atoms with Gasteiger partial charge in [0.1, 0.15) is 11.3 Å². The lowest BCUT2D eigenvalue weighted by Gasteiger charge is -2.37. The molecular weight excluding hydrogens is 489 g/mol. The number of imidazole rings is 1. The van der Waals surface area contributed by atoms with Gasteiger partial charge in [-0.25, -0.2) is 9.97 Å². The van der Waals surface area contributed by atoms with Gasteiger partial charge in [0.15, 0.2) is 5.65 Å². The lowest BCUT2D eigenvalue weighted by Crippen LogP contribution is -2.44. The van der Waals surface area contributed by atoms with Crippen LogP contribution in [-0.2, 0) is 13.0 Å². The summed E-state index contributed by atoms with van der Waals surface area (Å²) in [7, 11) is 0. The van der Waals surface area contributed by atoms with E-state index in [-0.39, 0.29) is 24.8 Å². The van der Waals surface area contributed by atoms with E-state index >= 15 is 0 Å². The Kier molecular flexibility index (Phi) is 11.9. The van der Waals surface area contributed by atoms with Gasteiger partial charge in [0.05, 0.1) is 6.54 Å². The average molecular weight is 533 g/mol. The number of fused-ring (bicyclic) bond motifs is 1. The second-order valence-corrected chi connectivity index (χ2v) is 9.62. The number of rotatable bonds is 9. The molecule has 1 fully saturated rings. The molecule has 0 unspecified atom stereocenters. The van der Waals surface area contributed by atoms with Crippen LogP contribution in [0.3, 0.4) is 0 Å². The van der Waals surface area contributed by atoms with Crippen molar-refractivity contribution in [2.45, 2.75) is 66.5 Å². The number of halogens is 2. The molecule has 2 aromatic heterocycles. The fourth-order valence-electron chi connectivity index (χ4n) is 5.35. The molecule has 3 heterocycles. The second kappa shape index (κ2) is 14.1. The van der Waals surface area contributed by atoms with Gasteiger partial charge in [-0.3, -0.25) is 4.90 Å². The van der Waals surface area contributed by atoms with E-state index in [0.717, 1.165) is 48.2 Å². The molecule has 0 radical (unpaired) electrons. The van der Waals surface area contributed by atoms with Crippen molar-refractivity contribution >= 4 is 42.1 Å². The van der Waals surface area contributed by atoms with Crippen LogP contribution >= 0.6 is 24.8 Å². The van der Waals surface area contributed by atoms with Crippen molar-refractivity contribution in [1.82, 2.24) is 24.3 Å². The highest BCUT2D eigenvalue weighted by Gasteiger charge is 2.22. The van der Waals surface area contributed by atoms with Crippen LogP contribution in [0.2, 0.25) is 0 Å². The Morgan fingerprint density at radius 1 is 0.972 bits per heavy atom. The van der Waals surface area contributed by atoms with Crippen molar-refractivity contribution in [3.05, 3.63) is 64.6 Å². The zero-order chi connectivity index (χ0) is 24.1. The van der Waals surface area contributed by atoms with E-state index in [4.69, 9.17) is 9.97 Å². The highest BCUT2D eigenvalue weighted by atomic mass is 35.5. The molecule has 4 rings (SSSR count). The maximum absolute atomic E-state index is 4.88. The van der Waals surface area contributed by atoms with E-state index in [9.17, 15) is 0 Å². The summed E-state index contributed by atoms with van der Waals surface area (Å²) >= 11 is 0. The molecule has 0 amide bonds. The van der Waals surface area contributed by atoms with Gasteiger partial charge in [0.2, 0.25) is 0 Å². The van der Waals surface area contributed by atoms with Gasteiger partial charge in [0.25, 0.3) is 0 Å². The minimum atomic E-state index is 0. The van der Waals surface area contributed by atoms with E-state index in [1.54, 1.807) is 0 Å². The normalized spacial score (nSPS) is 14.9. The van der Waals surface area contributed by atoms with Crippen LogP contribution in [-0.4, -0.2) is 63.1 Å². The Morgan fingerprint density at radius 3 is 2.25 bits per heavy atom. The summed E-state index contributed by atoms with van der Waals surface area (Å²) in [5, 5.41) is 0. The summed E-state index contributed by atoms with van der Waals surface area (Å²) in [5.41, 5.74) is 6.83. The third-order valence-electron chi connectivity index (χ3n) is 7.30.